The normalized spacial score (nSPS) is 23.1. The summed E-state index contributed by atoms with van der Waals surface area (Å²) in [6, 6.07) is 38.2. The van der Waals surface area contributed by atoms with Gasteiger partial charge in [-0.2, -0.15) is 0 Å². The molecule has 2 fully saturated rings. The number of hydrogen-bond donors (Lipinski definition) is 6. The summed E-state index contributed by atoms with van der Waals surface area (Å²) >= 11 is 0. The lowest BCUT2D eigenvalue weighted by Gasteiger charge is -2.42. The van der Waals surface area contributed by atoms with E-state index in [1.54, 1.807) is 18.4 Å². The summed E-state index contributed by atoms with van der Waals surface area (Å²) in [5.41, 5.74) is 11.3. The number of allylic oxidation sites excluding steroid dienone is 2. The molecule has 0 bridgehead atoms. The van der Waals surface area contributed by atoms with Crippen LogP contribution < -0.4 is 5.73 Å². The van der Waals surface area contributed by atoms with Gasteiger partial charge in [0, 0.05) is 24.3 Å². The van der Waals surface area contributed by atoms with Crippen molar-refractivity contribution in [3.05, 3.63) is 168 Å². The lowest BCUT2D eigenvalue weighted by molar-refractivity contribution is -0.258. The average Bonchev–Trinajstić information content (AvgIpc) is 3.48. The Bertz CT molecular complexity index is 2100. The molecule has 0 saturated carbocycles. The van der Waals surface area contributed by atoms with Crippen molar-refractivity contribution in [1.29, 1.82) is 5.41 Å². The van der Waals surface area contributed by atoms with Gasteiger partial charge in [0.15, 0.2) is 0 Å². The Hall–Kier alpha value is -5.06. The van der Waals surface area contributed by atoms with E-state index in [1.807, 2.05) is 135 Å². The maximum Gasteiger partial charge on any atom is 0.224 e. The van der Waals surface area contributed by atoms with Gasteiger partial charge in [0.05, 0.1) is 43.2 Å². The minimum Gasteiger partial charge on any atom is -0.471 e. The molecule has 4 aromatic rings. The van der Waals surface area contributed by atoms with Crippen molar-refractivity contribution in [3.8, 4) is 0 Å². The molecule has 6 rings (SSSR count). The van der Waals surface area contributed by atoms with Crippen molar-refractivity contribution >= 4 is 11.4 Å². The third kappa shape index (κ3) is 23.1. The van der Waals surface area contributed by atoms with Crippen LogP contribution in [-0.2, 0) is 28.4 Å². The first-order valence-electron chi connectivity index (χ1n) is 28.5. The third-order valence-corrected chi connectivity index (χ3v) is 13.5. The number of nitrogens with two attached hydrogens (primary N) is 1. The molecule has 0 radical (unpaired) electrons. The molecular weight excluding hydrogens is 971 g/mol. The molecule has 7 N–H and O–H groups in total. The number of hydrogen-bond acceptors (Lipinski definition) is 13. The first kappa shape index (κ1) is 64.5. The molecule has 77 heavy (non-hydrogen) atoms. The van der Waals surface area contributed by atoms with Gasteiger partial charge in [0.2, 0.25) is 12.6 Å². The van der Waals surface area contributed by atoms with Gasteiger partial charge in [0.1, 0.15) is 42.7 Å². The van der Waals surface area contributed by atoms with Crippen LogP contribution >= 0.6 is 0 Å². The molecule has 4 aromatic carbocycles. The van der Waals surface area contributed by atoms with Crippen molar-refractivity contribution in [2.45, 2.75) is 192 Å². The number of aliphatic hydroxyl groups excluding tert-OH is 4. The molecule has 2 heterocycles. The van der Waals surface area contributed by atoms with Gasteiger partial charge in [-0.15, -0.1) is 0 Å². The smallest absolute Gasteiger partial charge is 0.224 e. The predicted molar refractivity (Wildman–Crippen MR) is 309 cm³/mol. The summed E-state index contributed by atoms with van der Waals surface area (Å²) in [5, 5.41) is 48.8. The minimum atomic E-state index is -1.04. The van der Waals surface area contributed by atoms with Gasteiger partial charge >= 0.3 is 0 Å². The maximum absolute atomic E-state index is 11.2. The van der Waals surface area contributed by atoms with Crippen LogP contribution in [0.4, 0.5) is 0 Å². The Morgan fingerprint density at radius 1 is 0.519 bits per heavy atom. The Morgan fingerprint density at radius 2 is 0.870 bits per heavy atom. The van der Waals surface area contributed by atoms with Crippen LogP contribution in [0.5, 0.6) is 0 Å². The number of unbranched alkanes of at least 4 members (excludes halogenated alkanes) is 14. The standard InChI is InChI=1S/C32H45NO5.C19H37NO5.C13H11N/c1-3-5-6-7-8-9-10-17-23-36-31-29(32(37-22-4-2)38-27(24-34)30(31)35)33-28(25-18-13-11-14-19-25)26-20-15-12-16-21-26;1-3-5-6-7-8-9-10-11-13-23-18-16(20)19(24-12-4-2)25-15(14-21)17(18)22;14-13(11-7-3-1-4-8-11)12-9-5-2-6-10-12/h4,11-16,18-22,27,29-32,34-35H,3,5-10,17,23-24H2,1-2H3;4,12,15-19,21-22H,3,5-11,13-14,20H2,1-2H3;1-10,14H/b22-4-;12-4-;/t27-,29-,30-,31-,32+;15-,16-,17-,18-,19+;/m11./s1. The average molecular weight is 1060 g/mol. The van der Waals surface area contributed by atoms with Gasteiger partial charge in [-0.3, -0.25) is 10.4 Å². The zero-order valence-electron chi connectivity index (χ0n) is 46.5. The van der Waals surface area contributed by atoms with E-state index in [0.717, 1.165) is 53.6 Å². The molecule has 0 aliphatic carbocycles. The summed E-state index contributed by atoms with van der Waals surface area (Å²) in [5.74, 6) is 0. The van der Waals surface area contributed by atoms with Crippen molar-refractivity contribution < 1.29 is 48.8 Å². The van der Waals surface area contributed by atoms with Crippen LogP contribution in [0.25, 0.3) is 0 Å². The molecule has 0 unspecified atom stereocenters. The van der Waals surface area contributed by atoms with E-state index in [4.69, 9.17) is 44.6 Å². The second kappa shape index (κ2) is 39.3. The van der Waals surface area contributed by atoms with Crippen LogP contribution in [0, 0.1) is 5.41 Å². The number of aliphatic imine (C=N–C) groups is 1. The topological polar surface area (TPSA) is 199 Å². The van der Waals surface area contributed by atoms with Gasteiger partial charge in [-0.05, 0) is 37.8 Å². The van der Waals surface area contributed by atoms with Gasteiger partial charge < -0.3 is 54.6 Å². The Morgan fingerprint density at radius 3 is 1.27 bits per heavy atom. The molecular formula is C64H93N3O10. The monoisotopic (exact) mass is 1060 g/mol. The molecule has 2 aliphatic heterocycles. The molecule has 0 amide bonds. The minimum absolute atomic E-state index is 0.304. The third-order valence-electron chi connectivity index (χ3n) is 13.5. The number of nitrogens with zero attached hydrogens (tertiary/aromatic N) is 1. The maximum atomic E-state index is 11.2. The Labute approximate surface area is 461 Å². The molecule has 424 valence electrons. The van der Waals surface area contributed by atoms with E-state index in [-0.39, 0.29) is 13.2 Å². The van der Waals surface area contributed by atoms with E-state index >= 15 is 0 Å². The fraction of sp³-hybridized carbons (Fsp3) is 0.531. The lowest BCUT2D eigenvalue weighted by Crippen LogP contribution is -2.63. The van der Waals surface area contributed by atoms with E-state index in [2.05, 4.69) is 13.8 Å². The van der Waals surface area contributed by atoms with Crippen LogP contribution in [0.15, 0.2) is 151 Å². The van der Waals surface area contributed by atoms with Crippen molar-refractivity contribution in [2.75, 3.05) is 26.4 Å². The fourth-order valence-electron chi connectivity index (χ4n) is 9.17. The highest BCUT2D eigenvalue weighted by molar-refractivity contribution is 6.13. The first-order valence-corrected chi connectivity index (χ1v) is 28.5. The first-order chi connectivity index (χ1) is 37.7. The van der Waals surface area contributed by atoms with Crippen molar-refractivity contribution in [2.24, 2.45) is 10.7 Å². The quantitative estimate of drug-likeness (QED) is 0.0159. The Kier molecular flexibility index (Phi) is 32.9. The Balaban J connectivity index is 0.000000279. The molecule has 13 heteroatoms. The summed E-state index contributed by atoms with van der Waals surface area (Å²) in [6.45, 7) is 8.54. The van der Waals surface area contributed by atoms with Crippen LogP contribution in [-0.4, -0.2) is 120 Å². The molecule has 2 saturated heterocycles. The zero-order valence-corrected chi connectivity index (χ0v) is 46.5. The fourth-order valence-corrected chi connectivity index (χ4v) is 9.17. The number of aliphatic hydroxyl groups is 4. The second-order valence-corrected chi connectivity index (χ2v) is 19.6. The summed E-state index contributed by atoms with van der Waals surface area (Å²) < 4.78 is 35.0. The number of rotatable bonds is 31. The van der Waals surface area contributed by atoms with E-state index in [0.29, 0.717) is 18.9 Å². The van der Waals surface area contributed by atoms with Gasteiger partial charge in [-0.25, -0.2) is 0 Å². The zero-order chi connectivity index (χ0) is 55.3. The molecule has 13 nitrogen and oxygen atoms in total. The number of benzene rings is 4. The molecule has 0 aromatic heterocycles. The molecule has 0 spiro atoms. The second-order valence-electron chi connectivity index (χ2n) is 19.6. The number of nitrogens with one attached hydrogen (secondary N) is 1. The van der Waals surface area contributed by atoms with Crippen LogP contribution in [0.1, 0.15) is 153 Å². The van der Waals surface area contributed by atoms with E-state index < -0.39 is 61.3 Å². The van der Waals surface area contributed by atoms with Crippen LogP contribution in [0.2, 0.25) is 0 Å². The predicted octanol–water partition coefficient (Wildman–Crippen LogP) is 11.6. The molecule has 10 atom stereocenters. The van der Waals surface area contributed by atoms with Crippen molar-refractivity contribution in [3.63, 3.8) is 0 Å². The van der Waals surface area contributed by atoms with Gasteiger partial charge in [0.25, 0.3) is 0 Å². The molecule has 2 aliphatic rings. The SMILES string of the molecule is C/C=C\O[C@H]1O[C@H](CO)[C@@H](O)[C@H](OCCCCCCCCCC)[C@H]1N.C/C=C\O[C@H]1O[C@H](CO)[C@@H](O)[C@H](OCCCCCCCCCC)[C@H]1N=C(c1ccccc1)c1ccccc1.N=C(c1ccccc1)c1ccccc1. The van der Waals surface area contributed by atoms with E-state index in [1.165, 1.54) is 83.3 Å². The largest absolute Gasteiger partial charge is 0.471 e. The van der Waals surface area contributed by atoms with E-state index in [9.17, 15) is 20.4 Å². The highest BCUT2D eigenvalue weighted by Crippen LogP contribution is 2.30. The highest BCUT2D eigenvalue weighted by Gasteiger charge is 2.47. The summed E-state index contributed by atoms with van der Waals surface area (Å²) in [7, 11) is 0. The number of ether oxygens (including phenoxy) is 6. The summed E-state index contributed by atoms with van der Waals surface area (Å²) in [4.78, 5) is 5.13. The van der Waals surface area contributed by atoms with Gasteiger partial charge in [-0.1, -0.05) is 237 Å². The lowest BCUT2D eigenvalue weighted by atomic mass is 9.95. The van der Waals surface area contributed by atoms with Crippen molar-refractivity contribution in [1.82, 2.24) is 0 Å². The summed E-state index contributed by atoms with van der Waals surface area (Å²) in [6.07, 6.45) is 19.5. The van der Waals surface area contributed by atoms with Crippen LogP contribution in [0.3, 0.4) is 0 Å². The highest BCUT2D eigenvalue weighted by atomic mass is 16.7.